The van der Waals surface area contributed by atoms with Gasteiger partial charge in [-0.2, -0.15) is 0 Å². The predicted molar refractivity (Wildman–Crippen MR) is 62.9 cm³/mol. The van der Waals surface area contributed by atoms with Crippen molar-refractivity contribution in [3.05, 3.63) is 29.6 Å². The number of hydrogen-bond acceptors (Lipinski definition) is 2. The molecule has 0 saturated heterocycles. The highest BCUT2D eigenvalue weighted by molar-refractivity contribution is 5.93. The van der Waals surface area contributed by atoms with E-state index in [1.807, 2.05) is 13.8 Å². The van der Waals surface area contributed by atoms with Gasteiger partial charge in [-0.05, 0) is 31.0 Å². The molecule has 0 radical (unpaired) electrons. The van der Waals surface area contributed by atoms with Crippen molar-refractivity contribution in [2.45, 2.75) is 32.7 Å². The van der Waals surface area contributed by atoms with Gasteiger partial charge in [0.1, 0.15) is 5.82 Å². The lowest BCUT2D eigenvalue weighted by Crippen LogP contribution is -2.19. The second-order valence-corrected chi connectivity index (χ2v) is 3.72. The van der Waals surface area contributed by atoms with Gasteiger partial charge in [0.05, 0.1) is 5.69 Å². The number of anilines is 1. The van der Waals surface area contributed by atoms with Crippen LogP contribution in [0.3, 0.4) is 0 Å². The third kappa shape index (κ3) is 2.95. The van der Waals surface area contributed by atoms with Gasteiger partial charge in [-0.15, -0.1) is 0 Å². The molecule has 0 saturated carbocycles. The van der Waals surface area contributed by atoms with E-state index in [4.69, 9.17) is 5.73 Å². The summed E-state index contributed by atoms with van der Waals surface area (Å²) in [5.41, 5.74) is 5.79. The molecule has 1 rings (SSSR count). The second kappa shape index (κ2) is 5.49. The molecule has 0 aliphatic carbocycles. The topological polar surface area (TPSA) is 55.1 Å². The monoisotopic (exact) mass is 224 g/mol. The summed E-state index contributed by atoms with van der Waals surface area (Å²) in [6, 6.07) is 4.30. The first kappa shape index (κ1) is 12.5. The number of benzene rings is 1. The largest absolute Gasteiger partial charge is 0.380 e. The first-order chi connectivity index (χ1) is 7.58. The standard InChI is InChI=1S/C12H17FN2O/c1-3-9(4-2)15-11-7-8(12(14)16)5-6-10(11)13/h5-7,9,15H,3-4H2,1-2H3,(H2,14,16). The molecule has 88 valence electrons. The van der Waals surface area contributed by atoms with Gasteiger partial charge < -0.3 is 11.1 Å². The Labute approximate surface area is 94.8 Å². The number of nitrogens with two attached hydrogens (primary N) is 1. The van der Waals surface area contributed by atoms with Crippen molar-refractivity contribution < 1.29 is 9.18 Å². The normalized spacial score (nSPS) is 10.5. The fourth-order valence-corrected chi connectivity index (χ4v) is 1.50. The molecule has 0 unspecified atom stereocenters. The van der Waals surface area contributed by atoms with E-state index in [9.17, 15) is 9.18 Å². The molecule has 0 bridgehead atoms. The first-order valence-electron chi connectivity index (χ1n) is 5.44. The molecule has 0 aromatic heterocycles. The van der Waals surface area contributed by atoms with Gasteiger partial charge >= 0.3 is 0 Å². The number of carbonyl (C=O) groups is 1. The quantitative estimate of drug-likeness (QED) is 0.807. The summed E-state index contributed by atoms with van der Waals surface area (Å²) in [5, 5.41) is 3.06. The highest BCUT2D eigenvalue weighted by Gasteiger charge is 2.10. The Balaban J connectivity index is 2.93. The van der Waals surface area contributed by atoms with Gasteiger partial charge in [0.15, 0.2) is 0 Å². The van der Waals surface area contributed by atoms with Crippen LogP contribution < -0.4 is 11.1 Å². The fraction of sp³-hybridized carbons (Fsp3) is 0.417. The minimum Gasteiger partial charge on any atom is -0.380 e. The number of carbonyl (C=O) groups excluding carboxylic acids is 1. The Bertz CT molecular complexity index is 375. The Morgan fingerprint density at radius 3 is 2.56 bits per heavy atom. The Morgan fingerprint density at radius 1 is 1.44 bits per heavy atom. The third-order valence-electron chi connectivity index (χ3n) is 2.60. The summed E-state index contributed by atoms with van der Waals surface area (Å²) in [5.74, 6) is -0.913. The molecular formula is C12H17FN2O. The molecule has 1 aromatic carbocycles. The number of amides is 1. The highest BCUT2D eigenvalue weighted by Crippen LogP contribution is 2.18. The molecule has 0 aliphatic rings. The minimum atomic E-state index is -0.549. The molecule has 3 nitrogen and oxygen atoms in total. The molecule has 0 spiro atoms. The average molecular weight is 224 g/mol. The van der Waals surface area contributed by atoms with Gasteiger partial charge in [0.2, 0.25) is 5.91 Å². The molecule has 0 atom stereocenters. The summed E-state index contributed by atoms with van der Waals surface area (Å²) in [6.45, 7) is 4.05. The molecule has 3 N–H and O–H groups in total. The number of primary amides is 1. The van der Waals surface area contributed by atoms with E-state index in [0.717, 1.165) is 12.8 Å². The van der Waals surface area contributed by atoms with Crippen LogP contribution in [-0.4, -0.2) is 11.9 Å². The molecule has 0 fully saturated rings. The fourth-order valence-electron chi connectivity index (χ4n) is 1.50. The predicted octanol–water partition coefficient (Wildman–Crippen LogP) is 2.53. The zero-order valence-corrected chi connectivity index (χ0v) is 9.59. The minimum absolute atomic E-state index is 0.206. The van der Waals surface area contributed by atoms with Crippen LogP contribution in [0.25, 0.3) is 0 Å². The maximum atomic E-state index is 13.5. The molecule has 4 heteroatoms. The van der Waals surface area contributed by atoms with Gasteiger partial charge in [-0.25, -0.2) is 4.39 Å². The van der Waals surface area contributed by atoms with Crippen molar-refractivity contribution in [3.63, 3.8) is 0 Å². The van der Waals surface area contributed by atoms with Crippen LogP contribution in [0.2, 0.25) is 0 Å². The third-order valence-corrected chi connectivity index (χ3v) is 2.60. The average Bonchev–Trinajstić information content (AvgIpc) is 2.27. The maximum Gasteiger partial charge on any atom is 0.248 e. The number of nitrogens with one attached hydrogen (secondary N) is 1. The zero-order valence-electron chi connectivity index (χ0n) is 9.59. The lowest BCUT2D eigenvalue weighted by molar-refractivity contribution is 0.100. The number of halogens is 1. The molecule has 0 heterocycles. The lowest BCUT2D eigenvalue weighted by atomic mass is 10.1. The van der Waals surface area contributed by atoms with Crippen molar-refractivity contribution in [3.8, 4) is 0 Å². The van der Waals surface area contributed by atoms with Crippen LogP contribution in [0, 0.1) is 5.82 Å². The van der Waals surface area contributed by atoms with Crippen LogP contribution in [0.5, 0.6) is 0 Å². The Morgan fingerprint density at radius 2 is 2.06 bits per heavy atom. The van der Waals surface area contributed by atoms with Crippen LogP contribution in [0.1, 0.15) is 37.0 Å². The van der Waals surface area contributed by atoms with E-state index in [2.05, 4.69) is 5.32 Å². The Hall–Kier alpha value is -1.58. The molecule has 0 aliphatic heterocycles. The first-order valence-corrected chi connectivity index (χ1v) is 5.44. The SMILES string of the molecule is CCC(CC)Nc1cc(C(N)=O)ccc1F. The van der Waals surface area contributed by atoms with Crippen LogP contribution in [-0.2, 0) is 0 Å². The molecular weight excluding hydrogens is 207 g/mol. The van der Waals surface area contributed by atoms with Crippen molar-refractivity contribution in [2.75, 3.05) is 5.32 Å². The number of hydrogen-bond donors (Lipinski definition) is 2. The van der Waals surface area contributed by atoms with E-state index in [0.29, 0.717) is 11.3 Å². The van der Waals surface area contributed by atoms with Crippen molar-refractivity contribution in [2.24, 2.45) is 5.73 Å². The van der Waals surface area contributed by atoms with Crippen molar-refractivity contribution in [1.29, 1.82) is 0 Å². The summed E-state index contributed by atoms with van der Waals surface area (Å²) >= 11 is 0. The highest BCUT2D eigenvalue weighted by atomic mass is 19.1. The maximum absolute atomic E-state index is 13.5. The summed E-state index contributed by atoms with van der Waals surface area (Å²) in [7, 11) is 0. The molecule has 1 aromatic rings. The van der Waals surface area contributed by atoms with Crippen LogP contribution >= 0.6 is 0 Å². The summed E-state index contributed by atoms with van der Waals surface area (Å²) in [6.07, 6.45) is 1.80. The van der Waals surface area contributed by atoms with Gasteiger partial charge in [0, 0.05) is 11.6 Å². The van der Waals surface area contributed by atoms with Crippen LogP contribution in [0.15, 0.2) is 18.2 Å². The van der Waals surface area contributed by atoms with E-state index >= 15 is 0 Å². The zero-order chi connectivity index (χ0) is 12.1. The molecule has 16 heavy (non-hydrogen) atoms. The summed E-state index contributed by atoms with van der Waals surface area (Å²) < 4.78 is 13.5. The van der Waals surface area contributed by atoms with E-state index in [1.165, 1.54) is 18.2 Å². The van der Waals surface area contributed by atoms with Crippen LogP contribution in [0.4, 0.5) is 10.1 Å². The van der Waals surface area contributed by atoms with Crippen molar-refractivity contribution >= 4 is 11.6 Å². The van der Waals surface area contributed by atoms with Gasteiger partial charge in [-0.3, -0.25) is 4.79 Å². The lowest BCUT2D eigenvalue weighted by Gasteiger charge is -2.17. The summed E-state index contributed by atoms with van der Waals surface area (Å²) in [4.78, 5) is 11.0. The van der Waals surface area contributed by atoms with E-state index in [1.54, 1.807) is 0 Å². The van der Waals surface area contributed by atoms with E-state index < -0.39 is 5.91 Å². The Kier molecular flexibility index (Phi) is 4.28. The van der Waals surface area contributed by atoms with Gasteiger partial charge in [0.25, 0.3) is 0 Å². The molecule has 1 amide bonds. The van der Waals surface area contributed by atoms with Gasteiger partial charge in [-0.1, -0.05) is 13.8 Å². The van der Waals surface area contributed by atoms with E-state index in [-0.39, 0.29) is 11.9 Å². The smallest absolute Gasteiger partial charge is 0.248 e. The van der Waals surface area contributed by atoms with Crippen molar-refractivity contribution in [1.82, 2.24) is 0 Å². The second-order valence-electron chi connectivity index (χ2n) is 3.72. The number of rotatable bonds is 5.